The number of carboxylic acid groups (broad SMARTS) is 1. The predicted molar refractivity (Wildman–Crippen MR) is 76.8 cm³/mol. The molecule has 0 bridgehead atoms. The molecule has 7 heteroatoms. The third-order valence-electron chi connectivity index (χ3n) is 3.65. The fraction of sp³-hybridized carbons (Fsp3) is 0.267. The van der Waals surface area contributed by atoms with E-state index in [0.717, 1.165) is 5.69 Å². The summed E-state index contributed by atoms with van der Waals surface area (Å²) in [6.07, 6.45) is 3.23. The van der Waals surface area contributed by atoms with Crippen LogP contribution in [-0.2, 0) is 9.53 Å². The molecule has 3 rings (SSSR count). The van der Waals surface area contributed by atoms with E-state index in [9.17, 15) is 14.7 Å². The van der Waals surface area contributed by atoms with Crippen molar-refractivity contribution in [3.63, 3.8) is 0 Å². The minimum absolute atomic E-state index is 0.0269. The molecule has 22 heavy (non-hydrogen) atoms. The normalized spacial score (nSPS) is 20.7. The molecule has 7 nitrogen and oxygen atoms in total. The van der Waals surface area contributed by atoms with Gasteiger partial charge in [-0.1, -0.05) is 18.2 Å². The number of nitrogens with zero attached hydrogens (tertiary/aromatic N) is 2. The zero-order valence-corrected chi connectivity index (χ0v) is 11.7. The summed E-state index contributed by atoms with van der Waals surface area (Å²) in [4.78, 5) is 23.7. The molecule has 1 fully saturated rings. The molecule has 2 aromatic rings. The summed E-state index contributed by atoms with van der Waals surface area (Å²) in [7, 11) is 0. The van der Waals surface area contributed by atoms with Gasteiger partial charge in [0.2, 0.25) is 0 Å². The lowest BCUT2D eigenvalue weighted by Crippen LogP contribution is -2.55. The lowest BCUT2D eigenvalue weighted by molar-refractivity contribution is -0.144. The van der Waals surface area contributed by atoms with Crippen LogP contribution in [0, 0.1) is 0 Å². The summed E-state index contributed by atoms with van der Waals surface area (Å²) in [6, 6.07) is 9.34. The van der Waals surface area contributed by atoms with Crippen LogP contribution in [0.15, 0.2) is 42.7 Å². The molecule has 0 spiro atoms. The van der Waals surface area contributed by atoms with Crippen molar-refractivity contribution in [1.82, 2.24) is 15.1 Å². The van der Waals surface area contributed by atoms with Crippen LogP contribution >= 0.6 is 0 Å². The van der Waals surface area contributed by atoms with Crippen LogP contribution in [0.1, 0.15) is 16.8 Å². The maximum absolute atomic E-state index is 12.3. The maximum atomic E-state index is 12.3. The van der Waals surface area contributed by atoms with Gasteiger partial charge in [0.15, 0.2) is 5.54 Å². The highest BCUT2D eigenvalue weighted by molar-refractivity contribution is 5.97. The summed E-state index contributed by atoms with van der Waals surface area (Å²) in [5.41, 5.74) is -0.235. The Labute approximate surface area is 126 Å². The highest BCUT2D eigenvalue weighted by Gasteiger charge is 2.44. The summed E-state index contributed by atoms with van der Waals surface area (Å²) >= 11 is 0. The largest absolute Gasteiger partial charge is 0.479 e. The number of hydrogen-bond donors (Lipinski definition) is 2. The van der Waals surface area contributed by atoms with Crippen LogP contribution in [0.5, 0.6) is 0 Å². The molecule has 2 heterocycles. The smallest absolute Gasteiger partial charge is 0.331 e. The zero-order chi connectivity index (χ0) is 15.6. The molecule has 1 aromatic heterocycles. The summed E-state index contributed by atoms with van der Waals surface area (Å²) in [5, 5.41) is 16.0. The summed E-state index contributed by atoms with van der Waals surface area (Å²) in [5.74, 6) is -1.57. The van der Waals surface area contributed by atoms with Crippen molar-refractivity contribution in [2.24, 2.45) is 0 Å². The van der Waals surface area contributed by atoms with E-state index in [2.05, 4.69) is 10.4 Å². The Bertz CT molecular complexity index is 690. The van der Waals surface area contributed by atoms with Gasteiger partial charge in [-0.05, 0) is 12.1 Å². The molecular weight excluding hydrogens is 286 g/mol. The van der Waals surface area contributed by atoms with Crippen LogP contribution in [-0.4, -0.2) is 45.5 Å². The van der Waals surface area contributed by atoms with Crippen LogP contribution < -0.4 is 5.32 Å². The fourth-order valence-corrected chi connectivity index (χ4v) is 2.34. The van der Waals surface area contributed by atoms with Crippen LogP contribution in [0.2, 0.25) is 0 Å². The van der Waals surface area contributed by atoms with Gasteiger partial charge in [0.1, 0.15) is 0 Å². The molecule has 1 aliphatic rings. The number of carbonyl (C=O) groups excluding carboxylic acids is 1. The number of amides is 1. The van der Waals surface area contributed by atoms with Crippen molar-refractivity contribution in [1.29, 1.82) is 0 Å². The van der Waals surface area contributed by atoms with Crippen LogP contribution in [0.4, 0.5) is 0 Å². The molecule has 0 radical (unpaired) electrons. The molecule has 1 aliphatic heterocycles. The van der Waals surface area contributed by atoms with Crippen molar-refractivity contribution in [2.45, 2.75) is 12.0 Å². The maximum Gasteiger partial charge on any atom is 0.331 e. The van der Waals surface area contributed by atoms with Crippen molar-refractivity contribution in [3.8, 4) is 5.69 Å². The standard InChI is InChI=1S/C15H15N3O4/c19-13(17-15(14(20)21)6-7-22-10-15)11-8-16-18(9-11)12-4-2-1-3-5-12/h1-5,8-9H,6-7,10H2,(H,17,19)(H,20,21). The number of aromatic nitrogens is 2. The van der Waals surface area contributed by atoms with E-state index in [1.807, 2.05) is 30.3 Å². The van der Waals surface area contributed by atoms with Gasteiger partial charge in [0.05, 0.1) is 24.1 Å². The topological polar surface area (TPSA) is 93.5 Å². The fourth-order valence-electron chi connectivity index (χ4n) is 2.34. The van der Waals surface area contributed by atoms with Crippen LogP contribution in [0.25, 0.3) is 5.69 Å². The van der Waals surface area contributed by atoms with Gasteiger partial charge in [-0.15, -0.1) is 0 Å². The lowest BCUT2D eigenvalue weighted by Gasteiger charge is -2.23. The van der Waals surface area contributed by atoms with Crippen molar-refractivity contribution < 1.29 is 19.4 Å². The molecule has 1 amide bonds. The highest BCUT2D eigenvalue weighted by atomic mass is 16.5. The molecular formula is C15H15N3O4. The number of aliphatic carboxylic acids is 1. The Morgan fingerprint density at radius 2 is 2.09 bits per heavy atom. The first kappa shape index (κ1) is 14.3. The second kappa shape index (κ2) is 5.61. The first-order valence-corrected chi connectivity index (χ1v) is 6.84. The third kappa shape index (κ3) is 2.58. The molecule has 0 saturated carbocycles. The van der Waals surface area contributed by atoms with Gasteiger partial charge >= 0.3 is 5.97 Å². The van der Waals surface area contributed by atoms with E-state index >= 15 is 0 Å². The average Bonchev–Trinajstić information content (AvgIpc) is 3.18. The summed E-state index contributed by atoms with van der Waals surface area (Å²) < 4.78 is 6.68. The first-order valence-electron chi connectivity index (χ1n) is 6.84. The average molecular weight is 301 g/mol. The van der Waals surface area contributed by atoms with Gasteiger partial charge in [-0.2, -0.15) is 5.10 Å². The monoisotopic (exact) mass is 301 g/mol. The second-order valence-electron chi connectivity index (χ2n) is 5.15. The molecule has 0 aliphatic carbocycles. The third-order valence-corrected chi connectivity index (χ3v) is 3.65. The Morgan fingerprint density at radius 1 is 1.32 bits per heavy atom. The number of carbonyl (C=O) groups is 2. The first-order chi connectivity index (χ1) is 10.6. The zero-order valence-electron chi connectivity index (χ0n) is 11.7. The van der Waals surface area contributed by atoms with Gasteiger partial charge in [-0.3, -0.25) is 4.79 Å². The number of para-hydroxylation sites is 1. The number of nitrogens with one attached hydrogen (secondary N) is 1. The van der Waals surface area contributed by atoms with Gasteiger partial charge in [0.25, 0.3) is 5.91 Å². The van der Waals surface area contributed by atoms with E-state index in [1.54, 1.807) is 10.9 Å². The Morgan fingerprint density at radius 3 is 2.73 bits per heavy atom. The van der Waals surface area contributed by atoms with E-state index in [1.165, 1.54) is 6.20 Å². The van der Waals surface area contributed by atoms with E-state index in [4.69, 9.17) is 4.74 Å². The molecule has 114 valence electrons. The van der Waals surface area contributed by atoms with Crippen molar-refractivity contribution in [2.75, 3.05) is 13.2 Å². The van der Waals surface area contributed by atoms with Gasteiger partial charge in [0, 0.05) is 19.2 Å². The number of carboxylic acids is 1. The van der Waals surface area contributed by atoms with Crippen molar-refractivity contribution >= 4 is 11.9 Å². The molecule has 2 N–H and O–H groups in total. The van der Waals surface area contributed by atoms with Gasteiger partial charge in [-0.25, -0.2) is 9.48 Å². The molecule has 1 atom stereocenters. The van der Waals surface area contributed by atoms with E-state index < -0.39 is 17.4 Å². The Hall–Kier alpha value is -2.67. The minimum atomic E-state index is -1.36. The molecule has 1 saturated heterocycles. The Kier molecular flexibility index (Phi) is 3.64. The minimum Gasteiger partial charge on any atom is -0.479 e. The van der Waals surface area contributed by atoms with Gasteiger partial charge < -0.3 is 15.2 Å². The van der Waals surface area contributed by atoms with E-state index in [-0.39, 0.29) is 13.0 Å². The number of hydrogen-bond acceptors (Lipinski definition) is 4. The molecule has 1 aromatic carbocycles. The SMILES string of the molecule is O=C(NC1(C(=O)O)CCOC1)c1cnn(-c2ccccc2)c1. The Balaban J connectivity index is 1.79. The number of rotatable bonds is 4. The van der Waals surface area contributed by atoms with Crippen LogP contribution in [0.3, 0.4) is 0 Å². The van der Waals surface area contributed by atoms with Crippen molar-refractivity contribution in [3.05, 3.63) is 48.3 Å². The summed E-state index contributed by atoms with van der Waals surface area (Å²) in [6.45, 7) is 0.288. The molecule has 1 unspecified atom stereocenters. The highest BCUT2D eigenvalue weighted by Crippen LogP contribution is 2.20. The second-order valence-corrected chi connectivity index (χ2v) is 5.15. The predicted octanol–water partition coefficient (Wildman–Crippen LogP) is 0.846. The lowest BCUT2D eigenvalue weighted by atomic mass is 9.98. The van der Waals surface area contributed by atoms with E-state index in [0.29, 0.717) is 12.2 Å². The quantitative estimate of drug-likeness (QED) is 0.873. The number of benzene rings is 1. The number of ether oxygens (including phenoxy) is 1.